The molecule has 0 amide bonds. The fourth-order valence-electron chi connectivity index (χ4n) is 1.72. The van der Waals surface area contributed by atoms with Crippen LogP contribution < -0.4 is 5.73 Å². The number of hydrogen-bond acceptors (Lipinski definition) is 8. The zero-order chi connectivity index (χ0) is 15.3. The van der Waals surface area contributed by atoms with Crippen LogP contribution in [0.2, 0.25) is 0 Å². The number of cyclic esters (lactones) is 1. The fourth-order valence-corrected chi connectivity index (χ4v) is 1.72. The predicted molar refractivity (Wildman–Crippen MR) is 65.4 cm³/mol. The van der Waals surface area contributed by atoms with Crippen LogP contribution in [0.3, 0.4) is 0 Å². The minimum absolute atomic E-state index is 0.00504. The number of rotatable bonds is 7. The van der Waals surface area contributed by atoms with Crippen LogP contribution in [-0.4, -0.2) is 58.9 Å². The van der Waals surface area contributed by atoms with Crippen LogP contribution in [0.4, 0.5) is 0 Å². The van der Waals surface area contributed by atoms with Crippen LogP contribution in [0.1, 0.15) is 26.2 Å². The van der Waals surface area contributed by atoms with E-state index in [0.717, 1.165) is 0 Å². The van der Waals surface area contributed by atoms with Gasteiger partial charge in [-0.3, -0.25) is 9.59 Å². The van der Waals surface area contributed by atoms with Gasteiger partial charge >= 0.3 is 11.9 Å². The van der Waals surface area contributed by atoms with Crippen molar-refractivity contribution in [2.75, 3.05) is 6.61 Å². The smallest absolute Gasteiger partial charge is 0.379 e. The van der Waals surface area contributed by atoms with Gasteiger partial charge in [-0.05, 0) is 12.8 Å². The highest BCUT2D eigenvalue weighted by molar-refractivity contribution is 6.37. The molecule has 1 rings (SSSR count). The van der Waals surface area contributed by atoms with Gasteiger partial charge in [-0.1, -0.05) is 6.92 Å². The van der Waals surface area contributed by atoms with Gasteiger partial charge in [-0.2, -0.15) is 0 Å². The SMILES string of the molecule is CCC(N)CCC(=O)OC1C(=O)C(=O)O[C@@H]1[C@@H](O)CO. The number of ketones is 1. The molecule has 1 aliphatic heterocycles. The van der Waals surface area contributed by atoms with E-state index in [0.29, 0.717) is 12.8 Å². The van der Waals surface area contributed by atoms with E-state index in [4.69, 9.17) is 15.6 Å². The molecule has 1 heterocycles. The third-order valence-electron chi connectivity index (χ3n) is 3.07. The highest BCUT2D eigenvalue weighted by Gasteiger charge is 2.49. The van der Waals surface area contributed by atoms with E-state index < -0.39 is 42.6 Å². The van der Waals surface area contributed by atoms with Crippen molar-refractivity contribution in [3.05, 3.63) is 0 Å². The number of esters is 2. The number of ether oxygens (including phenoxy) is 2. The van der Waals surface area contributed by atoms with Crippen LogP contribution in [-0.2, 0) is 23.9 Å². The molecule has 0 bridgehead atoms. The number of aliphatic hydroxyl groups is 2. The Morgan fingerprint density at radius 1 is 1.50 bits per heavy atom. The van der Waals surface area contributed by atoms with Crippen LogP contribution in [0.5, 0.6) is 0 Å². The summed E-state index contributed by atoms with van der Waals surface area (Å²) in [5, 5.41) is 18.3. The van der Waals surface area contributed by atoms with E-state index in [1.54, 1.807) is 0 Å². The first-order valence-electron chi connectivity index (χ1n) is 6.39. The number of aliphatic hydroxyl groups excluding tert-OH is 2. The molecule has 0 radical (unpaired) electrons. The van der Waals surface area contributed by atoms with E-state index in [-0.39, 0.29) is 12.5 Å². The van der Waals surface area contributed by atoms with Crippen LogP contribution in [0.25, 0.3) is 0 Å². The molecular formula is C12H19NO7. The summed E-state index contributed by atoms with van der Waals surface area (Å²) >= 11 is 0. The Balaban J connectivity index is 2.60. The second-order valence-corrected chi connectivity index (χ2v) is 4.60. The standard InChI is InChI=1S/C12H19NO7/c1-2-6(13)3-4-8(16)19-11-9(17)12(18)20-10(11)7(15)5-14/h6-7,10-11,14-15H,2-5,13H2,1H3/t6?,7-,10+,11?/m0/s1. The van der Waals surface area contributed by atoms with Gasteiger partial charge < -0.3 is 25.4 Å². The van der Waals surface area contributed by atoms with Gasteiger partial charge in [0.15, 0.2) is 6.10 Å². The molecular weight excluding hydrogens is 270 g/mol. The van der Waals surface area contributed by atoms with Gasteiger partial charge in [0.1, 0.15) is 6.10 Å². The Bertz CT molecular complexity index is 384. The summed E-state index contributed by atoms with van der Waals surface area (Å²) in [5.74, 6) is -2.94. The van der Waals surface area contributed by atoms with Crippen molar-refractivity contribution in [1.29, 1.82) is 0 Å². The molecule has 0 aromatic heterocycles. The third-order valence-corrected chi connectivity index (χ3v) is 3.07. The van der Waals surface area contributed by atoms with Gasteiger partial charge in [0.2, 0.25) is 6.10 Å². The second-order valence-electron chi connectivity index (χ2n) is 4.60. The minimum Gasteiger partial charge on any atom is -0.450 e. The van der Waals surface area contributed by atoms with Crippen molar-refractivity contribution < 1.29 is 34.1 Å². The van der Waals surface area contributed by atoms with E-state index in [2.05, 4.69) is 4.74 Å². The summed E-state index contributed by atoms with van der Waals surface area (Å²) in [6.45, 7) is 1.15. The predicted octanol–water partition coefficient (Wildman–Crippen LogP) is -1.74. The lowest BCUT2D eigenvalue weighted by molar-refractivity contribution is -0.160. The summed E-state index contributed by atoms with van der Waals surface area (Å²) in [5.41, 5.74) is 5.65. The summed E-state index contributed by atoms with van der Waals surface area (Å²) in [4.78, 5) is 34.2. The molecule has 0 spiro atoms. The largest absolute Gasteiger partial charge is 0.450 e. The first-order valence-corrected chi connectivity index (χ1v) is 6.39. The molecule has 8 nitrogen and oxygen atoms in total. The number of nitrogens with two attached hydrogens (primary N) is 1. The highest BCUT2D eigenvalue weighted by Crippen LogP contribution is 2.19. The summed E-state index contributed by atoms with van der Waals surface area (Å²) in [6.07, 6.45) is -3.30. The Morgan fingerprint density at radius 3 is 2.70 bits per heavy atom. The molecule has 4 N–H and O–H groups in total. The maximum Gasteiger partial charge on any atom is 0.379 e. The first kappa shape index (κ1) is 16.5. The number of hydrogen-bond donors (Lipinski definition) is 3. The molecule has 4 atom stereocenters. The van der Waals surface area contributed by atoms with E-state index in [9.17, 15) is 19.5 Å². The van der Waals surface area contributed by atoms with Crippen LogP contribution >= 0.6 is 0 Å². The van der Waals surface area contributed by atoms with E-state index in [1.165, 1.54) is 0 Å². The molecule has 1 fully saturated rings. The average Bonchev–Trinajstić information content (AvgIpc) is 2.72. The topological polar surface area (TPSA) is 136 Å². The summed E-state index contributed by atoms with van der Waals surface area (Å²) in [6, 6.07) is -0.154. The monoisotopic (exact) mass is 289 g/mol. The quantitative estimate of drug-likeness (QED) is 0.371. The molecule has 1 saturated heterocycles. The van der Waals surface area contributed by atoms with Gasteiger partial charge in [0.25, 0.3) is 5.78 Å². The van der Waals surface area contributed by atoms with Crippen molar-refractivity contribution in [2.45, 2.75) is 50.5 Å². The van der Waals surface area contributed by atoms with Crippen molar-refractivity contribution >= 4 is 17.7 Å². The Morgan fingerprint density at radius 2 is 2.15 bits per heavy atom. The molecule has 0 aromatic carbocycles. The zero-order valence-electron chi connectivity index (χ0n) is 11.2. The number of carbonyl (C=O) groups is 3. The lowest BCUT2D eigenvalue weighted by Crippen LogP contribution is -2.42. The van der Waals surface area contributed by atoms with E-state index >= 15 is 0 Å². The third kappa shape index (κ3) is 3.99. The molecule has 0 saturated carbocycles. The lowest BCUT2D eigenvalue weighted by Gasteiger charge is -2.20. The van der Waals surface area contributed by atoms with Crippen molar-refractivity contribution in [2.24, 2.45) is 5.73 Å². The fraction of sp³-hybridized carbons (Fsp3) is 0.750. The van der Waals surface area contributed by atoms with Gasteiger partial charge in [-0.25, -0.2) is 4.79 Å². The lowest BCUT2D eigenvalue weighted by atomic mass is 10.1. The highest BCUT2D eigenvalue weighted by atomic mass is 16.6. The molecule has 0 aliphatic carbocycles. The minimum atomic E-state index is -1.52. The van der Waals surface area contributed by atoms with E-state index in [1.807, 2.05) is 6.92 Å². The van der Waals surface area contributed by atoms with Gasteiger partial charge in [0.05, 0.1) is 6.61 Å². The zero-order valence-corrected chi connectivity index (χ0v) is 11.2. The maximum atomic E-state index is 11.6. The molecule has 0 aromatic rings. The van der Waals surface area contributed by atoms with Crippen molar-refractivity contribution in [3.8, 4) is 0 Å². The first-order chi connectivity index (χ1) is 9.40. The number of carbonyl (C=O) groups excluding carboxylic acids is 3. The Hall–Kier alpha value is -1.51. The normalized spacial score (nSPS) is 25.2. The second kappa shape index (κ2) is 7.32. The Kier molecular flexibility index (Phi) is 6.05. The van der Waals surface area contributed by atoms with Crippen molar-refractivity contribution in [1.82, 2.24) is 0 Å². The molecule has 8 heteroatoms. The Labute approximate surface area is 115 Å². The maximum absolute atomic E-state index is 11.6. The van der Waals surface area contributed by atoms with Crippen LogP contribution in [0.15, 0.2) is 0 Å². The van der Waals surface area contributed by atoms with Crippen molar-refractivity contribution in [3.63, 3.8) is 0 Å². The van der Waals surface area contributed by atoms with Gasteiger partial charge in [0, 0.05) is 12.5 Å². The molecule has 114 valence electrons. The molecule has 20 heavy (non-hydrogen) atoms. The summed E-state index contributed by atoms with van der Waals surface area (Å²) < 4.78 is 9.45. The van der Waals surface area contributed by atoms with Crippen LogP contribution in [0, 0.1) is 0 Å². The van der Waals surface area contributed by atoms with Gasteiger partial charge in [-0.15, -0.1) is 0 Å². The average molecular weight is 289 g/mol. The molecule has 1 aliphatic rings. The number of Topliss-reactive ketones (excluding diaryl/α,β-unsaturated/α-hetero) is 1. The molecule has 2 unspecified atom stereocenters. The summed E-state index contributed by atoms with van der Waals surface area (Å²) in [7, 11) is 0.